The topological polar surface area (TPSA) is 3.24 Å². The highest BCUT2D eigenvalue weighted by Gasteiger charge is 2.17. The van der Waals surface area contributed by atoms with Gasteiger partial charge in [0.1, 0.15) is 0 Å². The highest BCUT2D eigenvalue weighted by Crippen LogP contribution is 2.15. The summed E-state index contributed by atoms with van der Waals surface area (Å²) in [6.45, 7) is 7.12. The van der Waals surface area contributed by atoms with Crippen molar-refractivity contribution in [2.75, 3.05) is 13.1 Å². The maximum atomic E-state index is 2.61. The molecule has 1 nitrogen and oxygen atoms in total. The van der Waals surface area contributed by atoms with Gasteiger partial charge in [-0.05, 0) is 51.8 Å². The lowest BCUT2D eigenvalue weighted by Gasteiger charge is -2.23. The Kier molecular flexibility index (Phi) is 3.42. The smallest absolute Gasteiger partial charge is 0.0107 e. The maximum Gasteiger partial charge on any atom is 0.0107 e. The van der Waals surface area contributed by atoms with Gasteiger partial charge in [0, 0.05) is 6.04 Å². The van der Waals surface area contributed by atoms with Crippen LogP contribution < -0.4 is 0 Å². The fraction of sp³-hybridized carbons (Fsp3) is 0.571. The monoisotopic (exact) mass is 203 g/mol. The molecule has 1 fully saturated rings. The lowest BCUT2D eigenvalue weighted by Crippen LogP contribution is -2.31. The van der Waals surface area contributed by atoms with Crippen LogP contribution in [0.5, 0.6) is 0 Å². The first kappa shape index (κ1) is 10.7. The Balaban J connectivity index is 1.95. The minimum atomic E-state index is 0.703. The molecular formula is C14H21N. The lowest BCUT2D eigenvalue weighted by molar-refractivity contribution is 0.257. The third-order valence-corrected chi connectivity index (χ3v) is 3.38. The number of hydrogen-bond donors (Lipinski definition) is 0. The standard InChI is InChI=1S/C14H21N/c1-12-6-5-7-14(10-12)11-13(2)15-8-3-4-9-15/h5-7,10,13H,3-4,8-9,11H2,1-2H3. The van der Waals surface area contributed by atoms with E-state index in [9.17, 15) is 0 Å². The molecule has 1 atom stereocenters. The molecule has 0 saturated carbocycles. The third kappa shape index (κ3) is 2.82. The van der Waals surface area contributed by atoms with E-state index < -0.39 is 0 Å². The molecule has 1 saturated heterocycles. The van der Waals surface area contributed by atoms with Gasteiger partial charge >= 0.3 is 0 Å². The van der Waals surface area contributed by atoms with Gasteiger partial charge in [-0.1, -0.05) is 29.8 Å². The Morgan fingerprint density at radius 2 is 2.00 bits per heavy atom. The molecule has 0 N–H and O–H groups in total. The van der Waals surface area contributed by atoms with E-state index in [2.05, 4.69) is 43.0 Å². The van der Waals surface area contributed by atoms with Crippen LogP contribution >= 0.6 is 0 Å². The third-order valence-electron chi connectivity index (χ3n) is 3.38. The minimum absolute atomic E-state index is 0.703. The Morgan fingerprint density at radius 3 is 2.67 bits per heavy atom. The van der Waals surface area contributed by atoms with Gasteiger partial charge < -0.3 is 4.90 Å². The van der Waals surface area contributed by atoms with E-state index in [-0.39, 0.29) is 0 Å². The molecule has 1 aliphatic rings. The molecule has 0 radical (unpaired) electrons. The summed E-state index contributed by atoms with van der Waals surface area (Å²) in [7, 11) is 0. The van der Waals surface area contributed by atoms with Crippen molar-refractivity contribution < 1.29 is 0 Å². The molecule has 0 spiro atoms. The summed E-state index contributed by atoms with van der Waals surface area (Å²) < 4.78 is 0. The number of hydrogen-bond acceptors (Lipinski definition) is 1. The van der Waals surface area contributed by atoms with Crippen molar-refractivity contribution in [3.8, 4) is 0 Å². The van der Waals surface area contributed by atoms with E-state index in [1.807, 2.05) is 0 Å². The van der Waals surface area contributed by atoms with Gasteiger partial charge in [0.2, 0.25) is 0 Å². The summed E-state index contributed by atoms with van der Waals surface area (Å²) in [6.07, 6.45) is 3.97. The second-order valence-corrected chi connectivity index (χ2v) is 4.79. The minimum Gasteiger partial charge on any atom is -0.300 e. The molecule has 1 aromatic carbocycles. The first-order chi connectivity index (χ1) is 7.25. The van der Waals surface area contributed by atoms with Crippen LogP contribution in [0.2, 0.25) is 0 Å². The summed E-state index contributed by atoms with van der Waals surface area (Å²) >= 11 is 0. The van der Waals surface area contributed by atoms with Crippen LogP contribution in [0.15, 0.2) is 24.3 Å². The molecule has 1 aromatic rings. The Labute approximate surface area is 93.1 Å². The molecule has 0 aromatic heterocycles. The first-order valence-electron chi connectivity index (χ1n) is 6.05. The van der Waals surface area contributed by atoms with E-state index in [0.717, 1.165) is 0 Å². The lowest BCUT2D eigenvalue weighted by atomic mass is 10.0. The van der Waals surface area contributed by atoms with Gasteiger partial charge in [-0.25, -0.2) is 0 Å². The molecular weight excluding hydrogens is 182 g/mol. The number of rotatable bonds is 3. The molecule has 1 heterocycles. The quantitative estimate of drug-likeness (QED) is 0.730. The van der Waals surface area contributed by atoms with Crippen molar-refractivity contribution in [2.45, 2.75) is 39.2 Å². The molecule has 0 bridgehead atoms. The predicted molar refractivity (Wildman–Crippen MR) is 65.2 cm³/mol. The fourth-order valence-electron chi connectivity index (χ4n) is 2.49. The van der Waals surface area contributed by atoms with Gasteiger partial charge in [0.25, 0.3) is 0 Å². The summed E-state index contributed by atoms with van der Waals surface area (Å²) in [4.78, 5) is 2.61. The van der Waals surface area contributed by atoms with Crippen molar-refractivity contribution in [1.82, 2.24) is 4.90 Å². The Morgan fingerprint density at radius 1 is 1.27 bits per heavy atom. The van der Waals surface area contributed by atoms with Crippen LogP contribution in [-0.4, -0.2) is 24.0 Å². The molecule has 2 rings (SSSR count). The summed E-state index contributed by atoms with van der Waals surface area (Å²) in [5.74, 6) is 0. The average molecular weight is 203 g/mol. The highest BCUT2D eigenvalue weighted by molar-refractivity contribution is 5.22. The van der Waals surface area contributed by atoms with Crippen LogP contribution in [0.4, 0.5) is 0 Å². The molecule has 1 unspecified atom stereocenters. The fourth-order valence-corrected chi connectivity index (χ4v) is 2.49. The zero-order valence-electron chi connectivity index (χ0n) is 9.87. The van der Waals surface area contributed by atoms with E-state index in [1.54, 1.807) is 0 Å². The van der Waals surface area contributed by atoms with Crippen molar-refractivity contribution in [1.29, 1.82) is 0 Å². The average Bonchev–Trinajstić information content (AvgIpc) is 2.70. The molecule has 0 aliphatic carbocycles. The predicted octanol–water partition coefficient (Wildman–Crippen LogP) is 3.02. The van der Waals surface area contributed by atoms with E-state index >= 15 is 0 Å². The molecule has 1 aliphatic heterocycles. The van der Waals surface area contributed by atoms with E-state index in [0.29, 0.717) is 6.04 Å². The molecule has 15 heavy (non-hydrogen) atoms. The van der Waals surface area contributed by atoms with Crippen LogP contribution in [0.1, 0.15) is 30.9 Å². The zero-order chi connectivity index (χ0) is 10.7. The van der Waals surface area contributed by atoms with Crippen LogP contribution in [0.25, 0.3) is 0 Å². The van der Waals surface area contributed by atoms with Gasteiger partial charge in [-0.15, -0.1) is 0 Å². The van der Waals surface area contributed by atoms with E-state index in [1.165, 1.54) is 43.5 Å². The number of aryl methyl sites for hydroxylation is 1. The van der Waals surface area contributed by atoms with Gasteiger partial charge in [-0.2, -0.15) is 0 Å². The van der Waals surface area contributed by atoms with Gasteiger partial charge in [0.05, 0.1) is 0 Å². The second-order valence-electron chi connectivity index (χ2n) is 4.79. The normalized spacial score (nSPS) is 19.3. The summed E-state index contributed by atoms with van der Waals surface area (Å²) in [5.41, 5.74) is 2.86. The van der Waals surface area contributed by atoms with Crippen LogP contribution in [0, 0.1) is 6.92 Å². The molecule has 1 heteroatoms. The van der Waals surface area contributed by atoms with Crippen molar-refractivity contribution in [3.63, 3.8) is 0 Å². The Bertz CT molecular complexity index is 313. The zero-order valence-corrected chi connectivity index (χ0v) is 9.87. The van der Waals surface area contributed by atoms with Crippen LogP contribution in [0.3, 0.4) is 0 Å². The van der Waals surface area contributed by atoms with Crippen molar-refractivity contribution in [3.05, 3.63) is 35.4 Å². The Hall–Kier alpha value is -0.820. The summed E-state index contributed by atoms with van der Waals surface area (Å²) in [6, 6.07) is 9.60. The largest absolute Gasteiger partial charge is 0.300 e. The molecule has 0 amide bonds. The van der Waals surface area contributed by atoms with E-state index in [4.69, 9.17) is 0 Å². The molecule has 82 valence electrons. The number of nitrogens with zero attached hydrogens (tertiary/aromatic N) is 1. The van der Waals surface area contributed by atoms with Crippen molar-refractivity contribution >= 4 is 0 Å². The number of benzene rings is 1. The first-order valence-corrected chi connectivity index (χ1v) is 6.05. The summed E-state index contributed by atoms with van der Waals surface area (Å²) in [5, 5.41) is 0. The second kappa shape index (κ2) is 4.80. The van der Waals surface area contributed by atoms with Crippen LogP contribution in [-0.2, 0) is 6.42 Å². The highest BCUT2D eigenvalue weighted by atomic mass is 15.2. The number of likely N-dealkylation sites (tertiary alicyclic amines) is 1. The maximum absolute atomic E-state index is 2.61. The van der Waals surface area contributed by atoms with Crippen molar-refractivity contribution in [2.24, 2.45) is 0 Å². The van der Waals surface area contributed by atoms with Gasteiger partial charge in [0.15, 0.2) is 0 Å². The SMILES string of the molecule is Cc1cccc(CC(C)N2CCCC2)c1. The van der Waals surface area contributed by atoms with Gasteiger partial charge in [-0.3, -0.25) is 0 Å².